The molecule has 0 radical (unpaired) electrons. The van der Waals surface area contributed by atoms with Gasteiger partial charge in [0.2, 0.25) is 0 Å². The number of nitrogens with zero attached hydrogens (tertiary/aromatic N) is 4. The standard InChI is InChI=1S/C13H20ClN5/c1-5-9-12(14)11(19(4)17-9)8-10(15-2)13-16-6-7-18(13)3/h6-7,10,15H,5,8H2,1-4H3. The number of halogens is 1. The minimum Gasteiger partial charge on any atom is -0.337 e. The van der Waals surface area contributed by atoms with E-state index < -0.39 is 0 Å². The monoisotopic (exact) mass is 281 g/mol. The fourth-order valence-corrected chi connectivity index (χ4v) is 2.64. The summed E-state index contributed by atoms with van der Waals surface area (Å²) in [5.41, 5.74) is 2.00. The van der Waals surface area contributed by atoms with Gasteiger partial charge in [0, 0.05) is 32.9 Å². The van der Waals surface area contributed by atoms with Crippen molar-refractivity contribution in [3.05, 3.63) is 34.6 Å². The summed E-state index contributed by atoms with van der Waals surface area (Å²) in [6, 6.07) is 0.123. The van der Waals surface area contributed by atoms with Crippen molar-refractivity contribution >= 4 is 11.6 Å². The first-order valence-electron chi connectivity index (χ1n) is 6.43. The van der Waals surface area contributed by atoms with Gasteiger partial charge < -0.3 is 9.88 Å². The highest BCUT2D eigenvalue weighted by Crippen LogP contribution is 2.25. The van der Waals surface area contributed by atoms with Crippen molar-refractivity contribution in [2.75, 3.05) is 7.05 Å². The van der Waals surface area contributed by atoms with E-state index in [-0.39, 0.29) is 6.04 Å². The molecule has 0 fully saturated rings. The Morgan fingerprint density at radius 1 is 1.42 bits per heavy atom. The molecule has 0 aliphatic heterocycles. The van der Waals surface area contributed by atoms with Crippen LogP contribution in [0.25, 0.3) is 0 Å². The fourth-order valence-electron chi connectivity index (χ4n) is 2.27. The first kappa shape index (κ1) is 14.1. The first-order valence-corrected chi connectivity index (χ1v) is 6.81. The zero-order valence-electron chi connectivity index (χ0n) is 11.8. The maximum absolute atomic E-state index is 6.39. The molecule has 2 rings (SSSR count). The number of hydrogen-bond donors (Lipinski definition) is 1. The molecule has 104 valence electrons. The van der Waals surface area contributed by atoms with E-state index in [0.717, 1.165) is 35.1 Å². The topological polar surface area (TPSA) is 47.7 Å². The maximum atomic E-state index is 6.39. The molecule has 2 aromatic heterocycles. The van der Waals surface area contributed by atoms with Crippen LogP contribution in [0.15, 0.2) is 12.4 Å². The molecule has 2 aromatic rings. The molecule has 6 heteroatoms. The van der Waals surface area contributed by atoms with Crippen molar-refractivity contribution in [2.45, 2.75) is 25.8 Å². The van der Waals surface area contributed by atoms with Gasteiger partial charge in [0.1, 0.15) is 5.82 Å². The second-order valence-corrected chi connectivity index (χ2v) is 5.00. The van der Waals surface area contributed by atoms with E-state index in [0.29, 0.717) is 0 Å². The molecule has 0 aliphatic rings. The smallest absolute Gasteiger partial charge is 0.125 e. The van der Waals surface area contributed by atoms with E-state index in [1.807, 2.05) is 42.8 Å². The number of hydrogen-bond acceptors (Lipinski definition) is 3. The third-order valence-electron chi connectivity index (χ3n) is 3.42. The molecule has 19 heavy (non-hydrogen) atoms. The zero-order valence-corrected chi connectivity index (χ0v) is 12.6. The second-order valence-electron chi connectivity index (χ2n) is 4.63. The van der Waals surface area contributed by atoms with Gasteiger partial charge in [-0.15, -0.1) is 0 Å². The lowest BCUT2D eigenvalue weighted by molar-refractivity contribution is 0.519. The highest BCUT2D eigenvalue weighted by Gasteiger charge is 2.20. The van der Waals surface area contributed by atoms with Gasteiger partial charge in [-0.2, -0.15) is 5.10 Å². The minimum absolute atomic E-state index is 0.123. The summed E-state index contributed by atoms with van der Waals surface area (Å²) in [5, 5.41) is 8.52. The number of rotatable bonds is 5. The maximum Gasteiger partial charge on any atom is 0.125 e. The largest absolute Gasteiger partial charge is 0.337 e. The molecule has 0 aliphatic carbocycles. The van der Waals surface area contributed by atoms with Crippen molar-refractivity contribution in [1.29, 1.82) is 0 Å². The van der Waals surface area contributed by atoms with Crippen LogP contribution in [0.2, 0.25) is 5.02 Å². The van der Waals surface area contributed by atoms with E-state index in [1.165, 1.54) is 0 Å². The van der Waals surface area contributed by atoms with Gasteiger partial charge in [0.15, 0.2) is 0 Å². The van der Waals surface area contributed by atoms with Crippen LogP contribution in [-0.2, 0) is 26.9 Å². The van der Waals surface area contributed by atoms with Gasteiger partial charge in [-0.3, -0.25) is 4.68 Å². The SMILES string of the molecule is CCc1nn(C)c(CC(NC)c2nccn2C)c1Cl. The van der Waals surface area contributed by atoms with Crippen molar-refractivity contribution in [1.82, 2.24) is 24.6 Å². The Balaban J connectivity index is 2.29. The minimum atomic E-state index is 0.123. The third kappa shape index (κ3) is 2.67. The molecule has 0 aromatic carbocycles. The molecule has 0 amide bonds. The van der Waals surface area contributed by atoms with Gasteiger partial charge in [0.05, 0.1) is 22.5 Å². The fraction of sp³-hybridized carbons (Fsp3) is 0.538. The van der Waals surface area contributed by atoms with Gasteiger partial charge in [0.25, 0.3) is 0 Å². The second kappa shape index (κ2) is 5.75. The summed E-state index contributed by atoms with van der Waals surface area (Å²) in [5.74, 6) is 0.998. The first-order chi connectivity index (χ1) is 9.08. The summed E-state index contributed by atoms with van der Waals surface area (Å²) in [7, 11) is 5.87. The zero-order chi connectivity index (χ0) is 14.0. The Bertz CT molecular complexity index is 557. The summed E-state index contributed by atoms with van der Waals surface area (Å²) < 4.78 is 3.89. The Labute approximate surface area is 118 Å². The quantitative estimate of drug-likeness (QED) is 0.910. The molecule has 0 saturated heterocycles. The van der Waals surface area contributed by atoms with E-state index in [1.54, 1.807) is 0 Å². The van der Waals surface area contributed by atoms with Gasteiger partial charge >= 0.3 is 0 Å². The van der Waals surface area contributed by atoms with Gasteiger partial charge in [-0.1, -0.05) is 18.5 Å². The number of imidazole rings is 1. The molecule has 1 unspecified atom stereocenters. The van der Waals surface area contributed by atoms with Crippen LogP contribution in [0.3, 0.4) is 0 Å². The van der Waals surface area contributed by atoms with E-state index >= 15 is 0 Å². The Morgan fingerprint density at radius 3 is 2.63 bits per heavy atom. The van der Waals surface area contributed by atoms with Crippen LogP contribution in [0.1, 0.15) is 30.2 Å². The van der Waals surface area contributed by atoms with Gasteiger partial charge in [-0.25, -0.2) is 4.98 Å². The average molecular weight is 282 g/mol. The summed E-state index contributed by atoms with van der Waals surface area (Å²) >= 11 is 6.39. The lowest BCUT2D eigenvalue weighted by atomic mass is 10.1. The number of aryl methyl sites for hydroxylation is 3. The molecule has 0 spiro atoms. The molecule has 0 bridgehead atoms. The lowest BCUT2D eigenvalue weighted by Gasteiger charge is -2.16. The van der Waals surface area contributed by atoms with E-state index in [9.17, 15) is 0 Å². The van der Waals surface area contributed by atoms with Crippen LogP contribution in [0, 0.1) is 0 Å². The number of likely N-dealkylation sites (N-methyl/N-ethyl adjacent to an activating group) is 1. The lowest BCUT2D eigenvalue weighted by Crippen LogP contribution is -2.23. The summed E-state index contributed by atoms with van der Waals surface area (Å²) in [6.45, 7) is 2.06. The van der Waals surface area contributed by atoms with Crippen LogP contribution in [-0.4, -0.2) is 26.4 Å². The Morgan fingerprint density at radius 2 is 2.16 bits per heavy atom. The normalized spacial score (nSPS) is 12.9. The highest BCUT2D eigenvalue weighted by atomic mass is 35.5. The van der Waals surface area contributed by atoms with Crippen LogP contribution in [0.5, 0.6) is 0 Å². The molecule has 5 nitrogen and oxygen atoms in total. The van der Waals surface area contributed by atoms with Crippen molar-refractivity contribution < 1.29 is 0 Å². The van der Waals surface area contributed by atoms with Gasteiger partial charge in [-0.05, 0) is 13.5 Å². The highest BCUT2D eigenvalue weighted by molar-refractivity contribution is 6.31. The summed E-state index contributed by atoms with van der Waals surface area (Å²) in [6.07, 6.45) is 5.37. The molecular formula is C13H20ClN5. The molecule has 1 N–H and O–H groups in total. The molecule has 0 saturated carbocycles. The summed E-state index contributed by atoms with van der Waals surface area (Å²) in [4.78, 5) is 4.40. The van der Waals surface area contributed by atoms with Crippen LogP contribution < -0.4 is 5.32 Å². The van der Waals surface area contributed by atoms with E-state index in [2.05, 4.69) is 22.3 Å². The average Bonchev–Trinajstić information content (AvgIpc) is 2.93. The molecule has 1 atom stereocenters. The Hall–Kier alpha value is -1.33. The van der Waals surface area contributed by atoms with Crippen LogP contribution in [0.4, 0.5) is 0 Å². The van der Waals surface area contributed by atoms with Crippen molar-refractivity contribution in [3.63, 3.8) is 0 Å². The predicted molar refractivity (Wildman–Crippen MR) is 76.3 cm³/mol. The van der Waals surface area contributed by atoms with Crippen molar-refractivity contribution in [3.8, 4) is 0 Å². The molecule has 2 heterocycles. The van der Waals surface area contributed by atoms with Crippen LogP contribution >= 0.6 is 11.6 Å². The molecular weight excluding hydrogens is 262 g/mol. The predicted octanol–water partition coefficient (Wildman–Crippen LogP) is 1.87. The third-order valence-corrected chi connectivity index (χ3v) is 3.86. The van der Waals surface area contributed by atoms with E-state index in [4.69, 9.17) is 11.6 Å². The number of nitrogens with one attached hydrogen (secondary N) is 1. The Kier molecular flexibility index (Phi) is 4.27. The number of aromatic nitrogens is 4. The van der Waals surface area contributed by atoms with Crippen molar-refractivity contribution in [2.24, 2.45) is 14.1 Å².